The second-order valence-corrected chi connectivity index (χ2v) is 9.43. The molecule has 0 radical (unpaired) electrons. The number of aryl methyl sites for hydroxylation is 2. The molecule has 4 aromatic rings. The van der Waals surface area contributed by atoms with Crippen LogP contribution in [0.2, 0.25) is 0 Å². The van der Waals surface area contributed by atoms with E-state index in [1.807, 2.05) is 80.6 Å². The lowest BCUT2D eigenvalue weighted by Crippen LogP contribution is -2.23. The second-order valence-electron chi connectivity index (χ2n) is 7.24. The fourth-order valence-electron chi connectivity index (χ4n) is 3.19. The number of anilines is 1. The average molecular weight is 541 g/mol. The number of carbonyl (C=O) groups is 1. The van der Waals surface area contributed by atoms with E-state index in [9.17, 15) is 9.59 Å². The average Bonchev–Trinajstić information content (AvgIpc) is 2.74. The molecular formula is C24H20IN3O2S. The number of fused-ring (bicyclic) bond motifs is 1. The maximum atomic E-state index is 13.4. The van der Waals surface area contributed by atoms with E-state index in [0.717, 1.165) is 26.1 Å². The predicted molar refractivity (Wildman–Crippen MR) is 135 cm³/mol. The van der Waals surface area contributed by atoms with E-state index >= 15 is 0 Å². The van der Waals surface area contributed by atoms with Crippen molar-refractivity contribution in [2.45, 2.75) is 19.0 Å². The van der Waals surface area contributed by atoms with E-state index in [1.54, 1.807) is 4.57 Å². The number of hydrogen-bond acceptors (Lipinski definition) is 4. The van der Waals surface area contributed by atoms with Crippen molar-refractivity contribution < 1.29 is 4.79 Å². The number of hydrogen-bond donors (Lipinski definition) is 1. The van der Waals surface area contributed by atoms with Crippen molar-refractivity contribution in [1.29, 1.82) is 0 Å². The van der Waals surface area contributed by atoms with Crippen molar-refractivity contribution in [3.8, 4) is 5.69 Å². The van der Waals surface area contributed by atoms with Gasteiger partial charge in [0.1, 0.15) is 0 Å². The maximum Gasteiger partial charge on any atom is 0.266 e. The summed E-state index contributed by atoms with van der Waals surface area (Å²) in [6.45, 7) is 3.98. The van der Waals surface area contributed by atoms with Gasteiger partial charge in [0.2, 0.25) is 5.91 Å². The molecule has 0 atom stereocenters. The van der Waals surface area contributed by atoms with Crippen LogP contribution in [0.4, 0.5) is 5.69 Å². The lowest BCUT2D eigenvalue weighted by atomic mass is 10.2. The fourth-order valence-corrected chi connectivity index (χ4v) is 4.50. The molecule has 1 heterocycles. The van der Waals surface area contributed by atoms with Gasteiger partial charge < -0.3 is 5.32 Å². The lowest BCUT2D eigenvalue weighted by molar-refractivity contribution is -0.113. The number of benzene rings is 3. The predicted octanol–water partition coefficient (Wildman–Crippen LogP) is 5.34. The molecule has 0 saturated heterocycles. The number of aromatic nitrogens is 2. The van der Waals surface area contributed by atoms with E-state index in [-0.39, 0.29) is 17.2 Å². The summed E-state index contributed by atoms with van der Waals surface area (Å²) in [5.74, 6) is -0.0104. The Bertz CT molecular complexity index is 1330. The van der Waals surface area contributed by atoms with Crippen molar-refractivity contribution >= 4 is 56.9 Å². The van der Waals surface area contributed by atoms with Crippen LogP contribution in [0.3, 0.4) is 0 Å². The number of nitrogens with one attached hydrogen (secondary N) is 1. The van der Waals surface area contributed by atoms with Crippen LogP contribution in [0.1, 0.15) is 11.1 Å². The van der Waals surface area contributed by atoms with E-state index in [4.69, 9.17) is 4.98 Å². The minimum absolute atomic E-state index is 0.141. The Kier molecular flexibility index (Phi) is 6.43. The van der Waals surface area contributed by atoms with Crippen LogP contribution in [0.25, 0.3) is 16.6 Å². The summed E-state index contributed by atoms with van der Waals surface area (Å²) < 4.78 is 2.56. The van der Waals surface area contributed by atoms with Gasteiger partial charge in [0.15, 0.2) is 5.16 Å². The van der Waals surface area contributed by atoms with Crippen molar-refractivity contribution in [2.24, 2.45) is 0 Å². The molecule has 7 heteroatoms. The van der Waals surface area contributed by atoms with E-state index in [1.165, 1.54) is 11.8 Å². The first kappa shape index (κ1) is 21.6. The number of amides is 1. The van der Waals surface area contributed by atoms with Gasteiger partial charge in [0.25, 0.3) is 5.56 Å². The molecule has 0 fully saturated rings. The zero-order valence-electron chi connectivity index (χ0n) is 17.1. The van der Waals surface area contributed by atoms with Gasteiger partial charge in [0, 0.05) is 9.26 Å². The Balaban J connectivity index is 1.69. The Morgan fingerprint density at radius 2 is 1.81 bits per heavy atom. The molecule has 1 aromatic heterocycles. The van der Waals surface area contributed by atoms with Crippen molar-refractivity contribution in [3.05, 3.63) is 91.8 Å². The van der Waals surface area contributed by atoms with Crippen molar-refractivity contribution in [2.75, 3.05) is 11.1 Å². The molecular weight excluding hydrogens is 521 g/mol. The van der Waals surface area contributed by atoms with Gasteiger partial charge in [-0.25, -0.2) is 4.98 Å². The summed E-state index contributed by atoms with van der Waals surface area (Å²) in [5.41, 5.74) is 4.13. The number of carbonyl (C=O) groups excluding carboxylic acids is 1. The van der Waals surface area contributed by atoms with Gasteiger partial charge in [-0.15, -0.1) is 0 Å². The first-order valence-corrected chi connectivity index (χ1v) is 11.8. The zero-order chi connectivity index (χ0) is 22.0. The first-order chi connectivity index (χ1) is 14.9. The molecule has 0 bridgehead atoms. The van der Waals surface area contributed by atoms with E-state index in [2.05, 4.69) is 27.9 Å². The first-order valence-electron chi connectivity index (χ1n) is 9.69. The van der Waals surface area contributed by atoms with E-state index in [0.29, 0.717) is 16.1 Å². The van der Waals surface area contributed by atoms with Crippen LogP contribution in [0.15, 0.2) is 76.7 Å². The van der Waals surface area contributed by atoms with Crippen LogP contribution in [-0.4, -0.2) is 21.2 Å². The third-order valence-corrected chi connectivity index (χ3v) is 6.34. The Labute approximate surface area is 198 Å². The second kappa shape index (κ2) is 9.23. The number of nitrogens with zero attached hydrogens (tertiary/aromatic N) is 2. The molecule has 31 heavy (non-hydrogen) atoms. The van der Waals surface area contributed by atoms with Gasteiger partial charge in [-0.2, -0.15) is 0 Å². The zero-order valence-corrected chi connectivity index (χ0v) is 20.0. The topological polar surface area (TPSA) is 64.0 Å². The molecule has 0 saturated carbocycles. The highest BCUT2D eigenvalue weighted by Gasteiger charge is 2.15. The highest BCUT2D eigenvalue weighted by molar-refractivity contribution is 14.1. The summed E-state index contributed by atoms with van der Waals surface area (Å²) in [6, 6.07) is 21.0. The van der Waals surface area contributed by atoms with Crippen molar-refractivity contribution in [1.82, 2.24) is 9.55 Å². The summed E-state index contributed by atoms with van der Waals surface area (Å²) in [6.07, 6.45) is 0. The smallest absolute Gasteiger partial charge is 0.266 e. The summed E-state index contributed by atoms with van der Waals surface area (Å²) in [7, 11) is 0. The molecule has 0 aliphatic carbocycles. The molecule has 5 nitrogen and oxygen atoms in total. The fraction of sp³-hybridized carbons (Fsp3) is 0.125. The molecule has 0 spiro atoms. The standard InChI is InChI=1S/C24H20IN3O2S/c1-15-6-9-18(10-7-15)26-22(29)14-31-24-27-21-11-8-17(25)13-20(21)23(30)28(24)19-5-3-4-16(2)12-19/h3-13H,14H2,1-2H3,(H,26,29). The van der Waals surface area contributed by atoms with Gasteiger partial charge in [-0.1, -0.05) is 41.6 Å². The van der Waals surface area contributed by atoms with Crippen molar-refractivity contribution in [3.63, 3.8) is 0 Å². The largest absolute Gasteiger partial charge is 0.325 e. The van der Waals surface area contributed by atoms with E-state index < -0.39 is 0 Å². The van der Waals surface area contributed by atoms with Gasteiger partial charge in [0.05, 0.1) is 22.3 Å². The normalized spacial score (nSPS) is 10.9. The highest BCUT2D eigenvalue weighted by Crippen LogP contribution is 2.23. The van der Waals surface area contributed by atoms with Crippen LogP contribution < -0.4 is 10.9 Å². The van der Waals surface area contributed by atoms with Gasteiger partial charge in [-0.05, 0) is 84.5 Å². The SMILES string of the molecule is Cc1ccc(NC(=O)CSc2nc3ccc(I)cc3c(=O)n2-c2cccc(C)c2)cc1. The third kappa shape index (κ3) is 4.99. The number of thioether (sulfide) groups is 1. The maximum absolute atomic E-state index is 13.4. The highest BCUT2D eigenvalue weighted by atomic mass is 127. The van der Waals surface area contributed by atoms with Crippen LogP contribution in [0.5, 0.6) is 0 Å². The minimum Gasteiger partial charge on any atom is -0.325 e. The monoisotopic (exact) mass is 541 g/mol. The molecule has 0 aliphatic heterocycles. The Hall–Kier alpha value is -2.65. The Morgan fingerprint density at radius 3 is 2.55 bits per heavy atom. The number of rotatable bonds is 5. The number of halogens is 1. The van der Waals surface area contributed by atoms with Crippen LogP contribution in [0, 0.1) is 17.4 Å². The van der Waals surface area contributed by atoms with Gasteiger partial charge in [-0.3, -0.25) is 14.2 Å². The summed E-state index contributed by atoms with van der Waals surface area (Å²) in [5, 5.41) is 3.94. The molecule has 1 N–H and O–H groups in total. The molecule has 156 valence electrons. The Morgan fingerprint density at radius 1 is 1.03 bits per heavy atom. The molecule has 0 aliphatic rings. The molecule has 0 unspecified atom stereocenters. The summed E-state index contributed by atoms with van der Waals surface area (Å²) >= 11 is 3.44. The van der Waals surface area contributed by atoms with Crippen LogP contribution in [-0.2, 0) is 4.79 Å². The lowest BCUT2D eigenvalue weighted by Gasteiger charge is -2.14. The van der Waals surface area contributed by atoms with Gasteiger partial charge >= 0.3 is 0 Å². The molecule has 4 rings (SSSR count). The third-order valence-electron chi connectivity index (χ3n) is 4.73. The summed E-state index contributed by atoms with van der Waals surface area (Å²) in [4.78, 5) is 30.6. The van der Waals surface area contributed by atoms with Crippen LogP contribution >= 0.6 is 34.4 Å². The molecule has 3 aromatic carbocycles. The quantitative estimate of drug-likeness (QED) is 0.211. The minimum atomic E-state index is -0.151. The molecule has 1 amide bonds.